The van der Waals surface area contributed by atoms with Gasteiger partial charge in [0.25, 0.3) is 5.91 Å². The van der Waals surface area contributed by atoms with E-state index < -0.39 is 0 Å². The first-order valence-electron chi connectivity index (χ1n) is 9.45. The Hall–Kier alpha value is -3.22. The van der Waals surface area contributed by atoms with Gasteiger partial charge in [-0.25, -0.2) is 14.1 Å². The van der Waals surface area contributed by atoms with Crippen molar-refractivity contribution >= 4 is 11.6 Å². The molecule has 0 bridgehead atoms. The van der Waals surface area contributed by atoms with E-state index in [4.69, 9.17) is 0 Å². The molecule has 3 heterocycles. The Balaban J connectivity index is 1.48. The van der Waals surface area contributed by atoms with Gasteiger partial charge in [0.05, 0.1) is 17.5 Å². The fourth-order valence-corrected chi connectivity index (χ4v) is 3.56. The highest BCUT2D eigenvalue weighted by Gasteiger charge is 2.26. The summed E-state index contributed by atoms with van der Waals surface area (Å²) in [6.45, 7) is 4.68. The SMILES string of the molecule is CCc1c(C(=O)N2CCN(c3ccc(F)cc3)CC2)cnn1-c1ccccn1. The minimum absolute atomic E-state index is 0.00205. The second-order valence-electron chi connectivity index (χ2n) is 6.71. The van der Waals surface area contributed by atoms with E-state index in [1.54, 1.807) is 29.2 Å². The molecular formula is C21H22FN5O. The van der Waals surface area contributed by atoms with Crippen LogP contribution in [0.1, 0.15) is 23.0 Å². The zero-order chi connectivity index (χ0) is 19.5. The Morgan fingerprint density at radius 3 is 2.46 bits per heavy atom. The zero-order valence-corrected chi connectivity index (χ0v) is 15.8. The van der Waals surface area contributed by atoms with Crippen molar-refractivity contribution in [1.82, 2.24) is 19.7 Å². The molecule has 0 unspecified atom stereocenters. The lowest BCUT2D eigenvalue weighted by Gasteiger charge is -2.36. The smallest absolute Gasteiger partial charge is 0.257 e. The number of rotatable bonds is 4. The van der Waals surface area contributed by atoms with Crippen LogP contribution in [0.15, 0.2) is 54.9 Å². The Morgan fingerprint density at radius 2 is 1.82 bits per heavy atom. The van der Waals surface area contributed by atoms with Crippen LogP contribution in [0.3, 0.4) is 0 Å². The number of carbonyl (C=O) groups is 1. The number of hydrogen-bond acceptors (Lipinski definition) is 4. The highest BCUT2D eigenvalue weighted by atomic mass is 19.1. The van der Waals surface area contributed by atoms with Crippen LogP contribution in [0.5, 0.6) is 0 Å². The number of amides is 1. The molecule has 0 radical (unpaired) electrons. The summed E-state index contributed by atoms with van der Waals surface area (Å²) in [5, 5.41) is 4.40. The van der Waals surface area contributed by atoms with Crippen LogP contribution in [0.25, 0.3) is 5.82 Å². The van der Waals surface area contributed by atoms with Gasteiger partial charge in [-0.3, -0.25) is 4.79 Å². The van der Waals surface area contributed by atoms with Gasteiger partial charge in [0.15, 0.2) is 5.82 Å². The number of carbonyl (C=O) groups excluding carboxylic acids is 1. The number of anilines is 1. The third-order valence-corrected chi connectivity index (χ3v) is 5.06. The minimum atomic E-state index is -0.241. The van der Waals surface area contributed by atoms with Crippen LogP contribution in [0.2, 0.25) is 0 Å². The van der Waals surface area contributed by atoms with Crippen molar-refractivity contribution in [3.05, 3.63) is 71.9 Å². The Morgan fingerprint density at radius 1 is 1.07 bits per heavy atom. The van der Waals surface area contributed by atoms with E-state index >= 15 is 0 Å². The summed E-state index contributed by atoms with van der Waals surface area (Å²) in [6.07, 6.45) is 4.04. The number of piperazine rings is 1. The lowest BCUT2D eigenvalue weighted by atomic mass is 10.1. The topological polar surface area (TPSA) is 54.3 Å². The van der Waals surface area contributed by atoms with E-state index in [9.17, 15) is 9.18 Å². The third-order valence-electron chi connectivity index (χ3n) is 5.06. The van der Waals surface area contributed by atoms with E-state index in [-0.39, 0.29) is 11.7 Å². The summed E-state index contributed by atoms with van der Waals surface area (Å²) < 4.78 is 14.9. The normalized spacial score (nSPS) is 14.4. The highest BCUT2D eigenvalue weighted by molar-refractivity contribution is 5.95. The number of halogens is 1. The van der Waals surface area contributed by atoms with Gasteiger partial charge in [0, 0.05) is 38.1 Å². The van der Waals surface area contributed by atoms with Crippen LogP contribution >= 0.6 is 0 Å². The van der Waals surface area contributed by atoms with Crippen molar-refractivity contribution in [2.45, 2.75) is 13.3 Å². The van der Waals surface area contributed by atoms with Gasteiger partial charge in [0.2, 0.25) is 0 Å². The Kier molecular flexibility index (Phi) is 5.06. The third kappa shape index (κ3) is 3.47. The van der Waals surface area contributed by atoms with Crippen molar-refractivity contribution in [2.75, 3.05) is 31.1 Å². The molecule has 144 valence electrons. The second-order valence-corrected chi connectivity index (χ2v) is 6.71. The molecule has 2 aromatic heterocycles. The molecule has 1 saturated heterocycles. The van der Waals surface area contributed by atoms with Gasteiger partial charge >= 0.3 is 0 Å². The molecule has 7 heteroatoms. The number of aromatic nitrogens is 3. The van der Waals surface area contributed by atoms with E-state index in [2.05, 4.69) is 15.0 Å². The van der Waals surface area contributed by atoms with Gasteiger partial charge in [-0.15, -0.1) is 0 Å². The van der Waals surface area contributed by atoms with Crippen molar-refractivity contribution in [3.63, 3.8) is 0 Å². The zero-order valence-electron chi connectivity index (χ0n) is 15.8. The first-order chi connectivity index (χ1) is 13.7. The quantitative estimate of drug-likeness (QED) is 0.699. The Bertz CT molecular complexity index is 947. The molecule has 6 nitrogen and oxygen atoms in total. The molecule has 1 aromatic carbocycles. The lowest BCUT2D eigenvalue weighted by Crippen LogP contribution is -2.48. The van der Waals surface area contributed by atoms with Crippen LogP contribution in [-0.4, -0.2) is 51.8 Å². The predicted molar refractivity (Wildman–Crippen MR) is 105 cm³/mol. The molecule has 3 aromatic rings. The molecule has 4 rings (SSSR count). The summed E-state index contributed by atoms with van der Waals surface area (Å²) in [5.74, 6) is 0.465. The second kappa shape index (κ2) is 7.80. The first-order valence-corrected chi connectivity index (χ1v) is 9.45. The summed E-state index contributed by atoms with van der Waals surface area (Å²) in [5.41, 5.74) is 2.47. The molecule has 0 atom stereocenters. The number of pyridine rings is 1. The maximum atomic E-state index is 13.1. The molecule has 1 fully saturated rings. The van der Waals surface area contributed by atoms with E-state index in [0.29, 0.717) is 44.0 Å². The van der Waals surface area contributed by atoms with Gasteiger partial charge in [0.1, 0.15) is 5.82 Å². The standard InChI is InChI=1S/C21H22FN5O/c1-2-19-18(15-24-27(19)20-5-3-4-10-23-20)21(28)26-13-11-25(12-14-26)17-8-6-16(22)7-9-17/h3-10,15H,2,11-14H2,1H3. The lowest BCUT2D eigenvalue weighted by molar-refractivity contribution is 0.0745. The summed E-state index contributed by atoms with van der Waals surface area (Å²) >= 11 is 0. The van der Waals surface area contributed by atoms with Crippen molar-refractivity contribution in [3.8, 4) is 5.82 Å². The van der Waals surface area contributed by atoms with E-state index in [0.717, 1.165) is 11.4 Å². The average molecular weight is 379 g/mol. The van der Waals surface area contributed by atoms with Crippen molar-refractivity contribution in [2.24, 2.45) is 0 Å². The Labute approximate surface area is 163 Å². The first kappa shape index (κ1) is 18.2. The van der Waals surface area contributed by atoms with Crippen molar-refractivity contribution < 1.29 is 9.18 Å². The summed E-state index contributed by atoms with van der Waals surface area (Å²) in [4.78, 5) is 21.5. The fourth-order valence-electron chi connectivity index (χ4n) is 3.56. The summed E-state index contributed by atoms with van der Waals surface area (Å²) in [6, 6.07) is 12.1. The molecule has 0 saturated carbocycles. The monoisotopic (exact) mass is 379 g/mol. The van der Waals surface area contributed by atoms with Crippen molar-refractivity contribution in [1.29, 1.82) is 0 Å². The molecule has 1 amide bonds. The van der Waals surface area contributed by atoms with Gasteiger partial charge in [-0.1, -0.05) is 13.0 Å². The van der Waals surface area contributed by atoms with Crippen LogP contribution in [0.4, 0.5) is 10.1 Å². The van der Waals surface area contributed by atoms with Gasteiger partial charge in [-0.05, 0) is 42.8 Å². The molecule has 1 aliphatic heterocycles. The molecule has 0 N–H and O–H groups in total. The minimum Gasteiger partial charge on any atom is -0.368 e. The van der Waals surface area contributed by atoms with Crippen LogP contribution in [-0.2, 0) is 6.42 Å². The van der Waals surface area contributed by atoms with E-state index in [1.807, 2.05) is 30.0 Å². The number of benzene rings is 1. The van der Waals surface area contributed by atoms with E-state index in [1.165, 1.54) is 12.1 Å². The predicted octanol–water partition coefficient (Wildman–Crippen LogP) is 2.93. The molecule has 28 heavy (non-hydrogen) atoms. The molecule has 0 spiro atoms. The average Bonchev–Trinajstić information content (AvgIpc) is 3.18. The molecule has 0 aliphatic carbocycles. The number of nitrogens with zero attached hydrogens (tertiary/aromatic N) is 5. The van der Waals surface area contributed by atoms with Gasteiger partial charge in [-0.2, -0.15) is 5.10 Å². The number of hydrogen-bond donors (Lipinski definition) is 0. The molecular weight excluding hydrogens is 357 g/mol. The maximum absolute atomic E-state index is 13.1. The largest absolute Gasteiger partial charge is 0.368 e. The van der Waals surface area contributed by atoms with Crippen LogP contribution < -0.4 is 4.90 Å². The van der Waals surface area contributed by atoms with Crippen LogP contribution in [0, 0.1) is 5.82 Å². The molecule has 1 aliphatic rings. The van der Waals surface area contributed by atoms with Gasteiger partial charge < -0.3 is 9.80 Å². The summed E-state index contributed by atoms with van der Waals surface area (Å²) in [7, 11) is 0. The maximum Gasteiger partial charge on any atom is 0.257 e. The fraction of sp³-hybridized carbons (Fsp3) is 0.286. The highest BCUT2D eigenvalue weighted by Crippen LogP contribution is 2.20.